The Bertz CT molecular complexity index is 532. The number of nitrogens with one attached hydrogen (secondary N) is 1. The van der Waals surface area contributed by atoms with Crippen LogP contribution in [-0.2, 0) is 12.6 Å². The average Bonchev–Trinajstić information content (AvgIpc) is 2.27. The number of hydrogen-bond acceptors (Lipinski definition) is 4. The quantitative estimate of drug-likeness (QED) is 0.352. The van der Waals surface area contributed by atoms with Crippen LogP contribution in [0.4, 0.5) is 0 Å². The topological polar surface area (TPSA) is 45.8 Å². The number of H-pyrrole nitrogens is 1. The van der Waals surface area contributed by atoms with Crippen LogP contribution >= 0.6 is 11.3 Å². The molecule has 2 aromatic rings. The van der Waals surface area contributed by atoms with Crippen LogP contribution in [-0.4, -0.2) is 9.97 Å². The summed E-state index contributed by atoms with van der Waals surface area (Å²) < 4.78 is 0. The van der Waals surface area contributed by atoms with Crippen molar-refractivity contribution in [2.24, 2.45) is 0 Å². The van der Waals surface area contributed by atoms with Crippen molar-refractivity contribution in [2.45, 2.75) is 19.0 Å². The first-order valence-corrected chi connectivity index (χ1v) is 4.99. The molecule has 2 rings (SSSR count). The second kappa shape index (κ2) is 4.69. The van der Waals surface area contributed by atoms with E-state index in [1.54, 1.807) is 0 Å². The molecule has 68 valence electrons. The van der Waals surface area contributed by atoms with Crippen molar-refractivity contribution in [2.75, 3.05) is 0 Å². The van der Waals surface area contributed by atoms with Gasteiger partial charge in [0.2, 0.25) is 0 Å². The molecule has 0 aliphatic rings. The van der Waals surface area contributed by atoms with Crippen molar-refractivity contribution in [3.05, 3.63) is 20.8 Å². The molecular formula is C8H7KN2OS2. The molecule has 3 nitrogen and oxygen atoms in total. The minimum atomic E-state index is -0.128. The van der Waals surface area contributed by atoms with E-state index in [4.69, 9.17) is 12.6 Å². The van der Waals surface area contributed by atoms with Crippen molar-refractivity contribution >= 4 is 34.2 Å². The molecule has 0 bridgehead atoms. The van der Waals surface area contributed by atoms with Crippen LogP contribution in [0, 0.1) is 13.8 Å². The fraction of sp³-hybridized carbons (Fsp3) is 0.250. The largest absolute Gasteiger partial charge is 1.00 e. The van der Waals surface area contributed by atoms with Crippen LogP contribution in [0.15, 0.2) is 9.95 Å². The fourth-order valence-electron chi connectivity index (χ4n) is 1.23. The molecule has 2 heterocycles. The van der Waals surface area contributed by atoms with Gasteiger partial charge in [0.05, 0.1) is 5.39 Å². The SMILES string of the molecule is Cc1sc2nc([S-])[nH]c(=O)c2c1C.[K+]. The molecule has 14 heavy (non-hydrogen) atoms. The Morgan fingerprint density at radius 1 is 1.43 bits per heavy atom. The first-order valence-electron chi connectivity index (χ1n) is 3.76. The normalized spacial score (nSPS) is 10.1. The Labute approximate surface area is 133 Å². The third kappa shape index (κ3) is 2.11. The molecule has 0 atom stereocenters. The predicted octanol–water partition coefficient (Wildman–Crippen LogP) is -1.49. The Kier molecular flexibility index (Phi) is 4.28. The summed E-state index contributed by atoms with van der Waals surface area (Å²) in [5.41, 5.74) is 0.876. The maximum absolute atomic E-state index is 11.5. The van der Waals surface area contributed by atoms with Crippen molar-refractivity contribution < 1.29 is 51.4 Å². The summed E-state index contributed by atoms with van der Waals surface area (Å²) in [6.07, 6.45) is 0. The van der Waals surface area contributed by atoms with Crippen LogP contribution < -0.4 is 56.9 Å². The Balaban J connectivity index is 0.000000980. The van der Waals surface area contributed by atoms with Gasteiger partial charge in [-0.2, -0.15) is 0 Å². The van der Waals surface area contributed by atoms with E-state index in [1.165, 1.54) is 11.3 Å². The van der Waals surface area contributed by atoms with E-state index < -0.39 is 0 Å². The van der Waals surface area contributed by atoms with E-state index in [0.29, 0.717) is 5.39 Å². The molecule has 2 aromatic heterocycles. The molecule has 0 unspecified atom stereocenters. The minimum Gasteiger partial charge on any atom is -0.742 e. The van der Waals surface area contributed by atoms with Gasteiger partial charge >= 0.3 is 51.4 Å². The van der Waals surface area contributed by atoms with E-state index in [0.717, 1.165) is 15.3 Å². The van der Waals surface area contributed by atoms with Gasteiger partial charge in [0, 0.05) is 4.88 Å². The van der Waals surface area contributed by atoms with Crippen LogP contribution in [0.25, 0.3) is 10.2 Å². The molecule has 0 aromatic carbocycles. The molecule has 1 N–H and O–H groups in total. The van der Waals surface area contributed by atoms with E-state index in [9.17, 15) is 4.79 Å². The molecule has 0 aliphatic heterocycles. The monoisotopic (exact) mass is 250 g/mol. The molecule has 0 amide bonds. The molecule has 6 heteroatoms. The zero-order chi connectivity index (χ0) is 9.59. The van der Waals surface area contributed by atoms with Gasteiger partial charge in [-0.3, -0.25) is 4.79 Å². The zero-order valence-electron chi connectivity index (χ0n) is 8.17. The first kappa shape index (κ1) is 12.8. The number of aryl methyl sites for hydroxylation is 2. The zero-order valence-corrected chi connectivity index (χ0v) is 12.9. The fourth-order valence-corrected chi connectivity index (χ4v) is 2.51. The standard InChI is InChI=1S/C8H8N2OS2.K/c1-3-4(2)13-7-5(3)6(11)9-8(12)10-7;/h1-2H3,(H2,9,10,11,12);/q;+1/p-1. The molecule has 0 spiro atoms. The van der Waals surface area contributed by atoms with Gasteiger partial charge in [0.25, 0.3) is 5.56 Å². The first-order chi connectivity index (χ1) is 6.09. The van der Waals surface area contributed by atoms with Crippen molar-refractivity contribution in [1.82, 2.24) is 9.97 Å². The summed E-state index contributed by atoms with van der Waals surface area (Å²) in [6.45, 7) is 3.90. The molecule has 0 saturated carbocycles. The van der Waals surface area contributed by atoms with Crippen LogP contribution in [0.2, 0.25) is 0 Å². The average molecular weight is 250 g/mol. The van der Waals surface area contributed by atoms with E-state index in [1.807, 2.05) is 13.8 Å². The van der Waals surface area contributed by atoms with Gasteiger partial charge in [-0.25, -0.2) is 4.98 Å². The van der Waals surface area contributed by atoms with Gasteiger partial charge in [-0.15, -0.1) is 11.3 Å². The predicted molar refractivity (Wildman–Crippen MR) is 55.3 cm³/mol. The smallest absolute Gasteiger partial charge is 0.742 e. The number of aromatic amines is 1. The number of aromatic nitrogens is 2. The van der Waals surface area contributed by atoms with Gasteiger partial charge in [0.15, 0.2) is 0 Å². The summed E-state index contributed by atoms with van der Waals surface area (Å²) >= 11 is 6.33. The Morgan fingerprint density at radius 3 is 2.71 bits per heavy atom. The summed E-state index contributed by atoms with van der Waals surface area (Å²) in [7, 11) is 0. The Morgan fingerprint density at radius 2 is 2.07 bits per heavy atom. The van der Waals surface area contributed by atoms with Crippen molar-refractivity contribution in [3.63, 3.8) is 0 Å². The van der Waals surface area contributed by atoms with Crippen molar-refractivity contribution in [3.8, 4) is 0 Å². The van der Waals surface area contributed by atoms with Crippen molar-refractivity contribution in [1.29, 1.82) is 0 Å². The number of hydrogen-bond donors (Lipinski definition) is 1. The number of fused-ring (bicyclic) bond motifs is 1. The summed E-state index contributed by atoms with van der Waals surface area (Å²) in [4.78, 5) is 20.0. The van der Waals surface area contributed by atoms with Crippen LogP contribution in [0.1, 0.15) is 10.4 Å². The third-order valence-corrected chi connectivity index (χ3v) is 3.31. The molecule has 0 aliphatic carbocycles. The maximum atomic E-state index is 11.5. The molecular weight excluding hydrogens is 243 g/mol. The number of rotatable bonds is 0. The summed E-state index contributed by atoms with van der Waals surface area (Å²) in [6, 6.07) is 0. The van der Waals surface area contributed by atoms with Crippen LogP contribution in [0.3, 0.4) is 0 Å². The van der Waals surface area contributed by atoms with Gasteiger partial charge in [-0.05, 0) is 24.6 Å². The third-order valence-electron chi connectivity index (χ3n) is 2.02. The number of nitrogens with zero attached hydrogens (tertiary/aromatic N) is 1. The second-order valence-electron chi connectivity index (χ2n) is 2.83. The van der Waals surface area contributed by atoms with Crippen LogP contribution in [0.5, 0.6) is 0 Å². The van der Waals surface area contributed by atoms with Gasteiger partial charge in [-0.1, -0.05) is 0 Å². The minimum absolute atomic E-state index is 0. The number of thiophene rings is 1. The van der Waals surface area contributed by atoms with Gasteiger partial charge < -0.3 is 17.6 Å². The summed E-state index contributed by atoms with van der Waals surface area (Å²) in [5.74, 6) is 0. The molecule has 0 radical (unpaired) electrons. The van der Waals surface area contributed by atoms with Gasteiger partial charge in [0.1, 0.15) is 4.83 Å². The molecule has 0 saturated heterocycles. The van der Waals surface area contributed by atoms with E-state index in [2.05, 4.69) is 9.97 Å². The van der Waals surface area contributed by atoms with E-state index in [-0.39, 0.29) is 62.1 Å². The Hall–Kier alpha value is 0.696. The van der Waals surface area contributed by atoms with E-state index >= 15 is 0 Å². The molecule has 0 fully saturated rings. The summed E-state index contributed by atoms with van der Waals surface area (Å²) in [5, 5.41) is 0.940. The maximum Gasteiger partial charge on any atom is 1.00 e. The second-order valence-corrected chi connectivity index (χ2v) is 4.42.